The number of anilines is 1. The molecule has 0 radical (unpaired) electrons. The average Bonchev–Trinajstić information content (AvgIpc) is 2.48. The number of hydrogen-bond acceptors (Lipinski definition) is 4. The summed E-state index contributed by atoms with van der Waals surface area (Å²) in [5.41, 5.74) is 0.0554. The lowest BCUT2D eigenvalue weighted by atomic mass is 10.3. The molecule has 1 heterocycles. The van der Waals surface area contributed by atoms with Crippen molar-refractivity contribution in [2.45, 2.75) is 19.6 Å². The summed E-state index contributed by atoms with van der Waals surface area (Å²) in [6.45, 7) is 1.15. The number of carbonyl (C=O) groups is 2. The van der Waals surface area contributed by atoms with Gasteiger partial charge in [0.05, 0.1) is 0 Å². The van der Waals surface area contributed by atoms with Crippen LogP contribution in [-0.4, -0.2) is 22.5 Å². The first-order valence-corrected chi connectivity index (χ1v) is 7.72. The minimum Gasteiger partial charge on any atom is -0.451 e. The first-order chi connectivity index (χ1) is 11.3. The maximum absolute atomic E-state index is 12.0. The van der Waals surface area contributed by atoms with Gasteiger partial charge >= 0.3 is 5.97 Å². The summed E-state index contributed by atoms with van der Waals surface area (Å²) in [5.74, 6) is -1.24. The van der Waals surface area contributed by atoms with Crippen molar-refractivity contribution in [1.82, 2.24) is 4.57 Å². The molecular weight excluding hydrogens is 355 g/mol. The van der Waals surface area contributed by atoms with E-state index in [1.165, 1.54) is 42.0 Å². The molecule has 0 aliphatic heterocycles. The van der Waals surface area contributed by atoms with Crippen molar-refractivity contribution >= 4 is 40.8 Å². The summed E-state index contributed by atoms with van der Waals surface area (Å²) in [6, 6.07) is 9.07. The van der Waals surface area contributed by atoms with E-state index in [4.69, 9.17) is 27.9 Å². The van der Waals surface area contributed by atoms with Gasteiger partial charge in [0.15, 0.2) is 6.10 Å². The molecule has 0 spiro atoms. The average molecular weight is 369 g/mol. The second kappa shape index (κ2) is 7.99. The highest BCUT2D eigenvalue weighted by atomic mass is 35.5. The normalized spacial score (nSPS) is 11.6. The Balaban J connectivity index is 1.94. The van der Waals surface area contributed by atoms with Gasteiger partial charge in [-0.2, -0.15) is 0 Å². The van der Waals surface area contributed by atoms with Gasteiger partial charge in [-0.25, -0.2) is 0 Å². The van der Waals surface area contributed by atoms with Crippen molar-refractivity contribution < 1.29 is 14.3 Å². The van der Waals surface area contributed by atoms with Gasteiger partial charge in [0.25, 0.3) is 11.5 Å². The number of nitrogens with zero attached hydrogens (tertiary/aromatic N) is 1. The van der Waals surface area contributed by atoms with Crippen LogP contribution in [0.5, 0.6) is 0 Å². The van der Waals surface area contributed by atoms with Crippen LogP contribution in [0.2, 0.25) is 10.0 Å². The Bertz CT molecular complexity index is 799. The molecule has 24 heavy (non-hydrogen) atoms. The number of amides is 1. The third kappa shape index (κ3) is 5.11. The number of carbonyl (C=O) groups excluding carboxylic acids is 2. The highest BCUT2D eigenvalue weighted by molar-refractivity contribution is 6.35. The second-order valence-electron chi connectivity index (χ2n) is 4.95. The molecule has 1 aromatic heterocycles. The molecule has 2 rings (SSSR count). The van der Waals surface area contributed by atoms with Crippen LogP contribution in [0.4, 0.5) is 5.69 Å². The maximum atomic E-state index is 12.0. The van der Waals surface area contributed by atoms with E-state index in [1.54, 1.807) is 12.1 Å². The van der Waals surface area contributed by atoms with E-state index in [1.807, 2.05) is 0 Å². The second-order valence-corrected chi connectivity index (χ2v) is 5.82. The molecule has 1 atom stereocenters. The lowest BCUT2D eigenvalue weighted by molar-refractivity contribution is -0.153. The number of ether oxygens (including phenoxy) is 1. The van der Waals surface area contributed by atoms with Gasteiger partial charge in [0.2, 0.25) is 0 Å². The summed E-state index contributed by atoms with van der Waals surface area (Å²) in [5, 5.41) is 3.28. The summed E-state index contributed by atoms with van der Waals surface area (Å²) in [7, 11) is 0. The number of rotatable bonds is 5. The predicted molar refractivity (Wildman–Crippen MR) is 91.3 cm³/mol. The van der Waals surface area contributed by atoms with Crippen molar-refractivity contribution in [3.63, 3.8) is 0 Å². The fraction of sp³-hybridized carbons (Fsp3) is 0.188. The molecule has 1 N–H and O–H groups in total. The van der Waals surface area contributed by atoms with Gasteiger partial charge in [0.1, 0.15) is 6.54 Å². The number of pyridine rings is 1. The lowest BCUT2D eigenvalue weighted by Gasteiger charge is -2.14. The Morgan fingerprint density at radius 3 is 2.50 bits per heavy atom. The highest BCUT2D eigenvalue weighted by Gasteiger charge is 2.18. The van der Waals surface area contributed by atoms with Gasteiger partial charge in [-0.05, 0) is 31.2 Å². The van der Waals surface area contributed by atoms with Crippen molar-refractivity contribution in [1.29, 1.82) is 0 Å². The molecule has 0 aliphatic carbocycles. The van der Waals surface area contributed by atoms with Crippen molar-refractivity contribution in [2.24, 2.45) is 0 Å². The molecular formula is C16H14Cl2N2O4. The smallest absolute Gasteiger partial charge is 0.326 e. The molecule has 2 aromatic rings. The largest absolute Gasteiger partial charge is 0.451 e. The molecule has 0 unspecified atom stereocenters. The first kappa shape index (κ1) is 18.0. The zero-order valence-electron chi connectivity index (χ0n) is 12.7. The SMILES string of the molecule is C[C@@H](OC(=O)Cn1ccccc1=O)C(=O)Nc1cc(Cl)cc(Cl)c1. The number of esters is 1. The van der Waals surface area contributed by atoms with Crippen LogP contribution < -0.4 is 10.9 Å². The third-order valence-corrected chi connectivity index (χ3v) is 3.44. The standard InChI is InChI=1S/C16H14Cl2N2O4/c1-10(16(23)19-13-7-11(17)6-12(18)8-13)24-15(22)9-20-5-3-2-4-14(20)21/h2-8,10H,9H2,1H3,(H,19,23)/t10-/m1/s1. The molecule has 8 heteroatoms. The fourth-order valence-electron chi connectivity index (χ4n) is 1.89. The van der Waals surface area contributed by atoms with E-state index in [-0.39, 0.29) is 12.1 Å². The van der Waals surface area contributed by atoms with E-state index in [0.29, 0.717) is 15.7 Å². The minimum atomic E-state index is -1.05. The van der Waals surface area contributed by atoms with E-state index >= 15 is 0 Å². The molecule has 1 aromatic carbocycles. The van der Waals surface area contributed by atoms with E-state index in [2.05, 4.69) is 5.32 Å². The summed E-state index contributed by atoms with van der Waals surface area (Å²) in [4.78, 5) is 35.4. The van der Waals surface area contributed by atoms with E-state index in [0.717, 1.165) is 0 Å². The topological polar surface area (TPSA) is 77.4 Å². The van der Waals surface area contributed by atoms with Gasteiger partial charge in [0, 0.05) is 28.0 Å². The zero-order chi connectivity index (χ0) is 17.7. The van der Waals surface area contributed by atoms with Gasteiger partial charge in [-0.3, -0.25) is 14.4 Å². The molecule has 6 nitrogen and oxygen atoms in total. The van der Waals surface area contributed by atoms with Crippen LogP contribution in [0.25, 0.3) is 0 Å². The molecule has 0 saturated carbocycles. The molecule has 1 amide bonds. The lowest BCUT2D eigenvalue weighted by Crippen LogP contribution is -2.32. The van der Waals surface area contributed by atoms with Crippen LogP contribution in [0.15, 0.2) is 47.4 Å². The van der Waals surface area contributed by atoms with E-state index in [9.17, 15) is 14.4 Å². The van der Waals surface area contributed by atoms with Crippen molar-refractivity contribution in [2.75, 3.05) is 5.32 Å². The number of benzene rings is 1. The molecule has 0 fully saturated rings. The number of halogens is 2. The Hall–Kier alpha value is -2.31. The quantitative estimate of drug-likeness (QED) is 0.823. The van der Waals surface area contributed by atoms with E-state index < -0.39 is 18.0 Å². The molecule has 0 saturated heterocycles. The fourth-order valence-corrected chi connectivity index (χ4v) is 2.41. The zero-order valence-corrected chi connectivity index (χ0v) is 14.2. The predicted octanol–water partition coefficient (Wildman–Crippen LogP) is 2.73. The number of hydrogen-bond donors (Lipinski definition) is 1. The van der Waals surface area contributed by atoms with Crippen LogP contribution in [0, 0.1) is 0 Å². The summed E-state index contributed by atoms with van der Waals surface area (Å²) >= 11 is 11.7. The minimum absolute atomic E-state index is 0.277. The summed E-state index contributed by atoms with van der Waals surface area (Å²) in [6.07, 6.45) is 0.414. The molecule has 0 bridgehead atoms. The van der Waals surface area contributed by atoms with Crippen LogP contribution in [-0.2, 0) is 20.9 Å². The maximum Gasteiger partial charge on any atom is 0.326 e. The van der Waals surface area contributed by atoms with Crippen molar-refractivity contribution in [3.8, 4) is 0 Å². The van der Waals surface area contributed by atoms with Crippen LogP contribution in [0.1, 0.15) is 6.92 Å². The Kier molecular flexibility index (Phi) is 6.00. The van der Waals surface area contributed by atoms with Crippen LogP contribution in [0.3, 0.4) is 0 Å². The Morgan fingerprint density at radius 1 is 1.21 bits per heavy atom. The monoisotopic (exact) mass is 368 g/mol. The number of aromatic nitrogens is 1. The first-order valence-electron chi connectivity index (χ1n) is 6.97. The van der Waals surface area contributed by atoms with Gasteiger partial charge < -0.3 is 14.6 Å². The van der Waals surface area contributed by atoms with Gasteiger partial charge in [-0.1, -0.05) is 29.3 Å². The third-order valence-electron chi connectivity index (χ3n) is 3.01. The molecule has 126 valence electrons. The summed E-state index contributed by atoms with van der Waals surface area (Å²) < 4.78 is 6.21. The Morgan fingerprint density at radius 2 is 1.88 bits per heavy atom. The Labute approximate surface area is 147 Å². The number of nitrogens with one attached hydrogen (secondary N) is 1. The highest BCUT2D eigenvalue weighted by Crippen LogP contribution is 2.22. The van der Waals surface area contributed by atoms with Gasteiger partial charge in [-0.15, -0.1) is 0 Å². The van der Waals surface area contributed by atoms with Crippen molar-refractivity contribution in [3.05, 3.63) is 63.0 Å². The molecule has 0 aliphatic rings. The van der Waals surface area contributed by atoms with Crippen LogP contribution >= 0.6 is 23.2 Å².